The zero-order chi connectivity index (χ0) is 12.0. The molecule has 0 aromatic rings. The Morgan fingerprint density at radius 1 is 1.44 bits per heavy atom. The predicted octanol–water partition coefficient (Wildman–Crippen LogP) is 0.0407. The van der Waals surface area contributed by atoms with Crippen LogP contribution in [0.3, 0.4) is 0 Å². The van der Waals surface area contributed by atoms with Crippen LogP contribution < -0.4 is 11.1 Å². The largest absolute Gasteiger partial charge is 0.465 e. The first-order valence-electron chi connectivity index (χ1n) is 5.82. The van der Waals surface area contributed by atoms with Gasteiger partial charge in [0, 0.05) is 5.92 Å². The predicted molar refractivity (Wildman–Crippen MR) is 59.5 cm³/mol. The van der Waals surface area contributed by atoms with Crippen LogP contribution in [0.15, 0.2) is 0 Å². The second-order valence-corrected chi connectivity index (χ2v) is 4.06. The fraction of sp³-hybridized carbons (Fsp3) is 0.818. The summed E-state index contributed by atoms with van der Waals surface area (Å²) in [6, 6.07) is 0. The molecular formula is C11H20N2O3. The van der Waals surface area contributed by atoms with Gasteiger partial charge in [-0.1, -0.05) is 6.42 Å². The van der Waals surface area contributed by atoms with Crippen LogP contribution in [0.4, 0.5) is 0 Å². The first-order chi connectivity index (χ1) is 7.69. The fourth-order valence-corrected chi connectivity index (χ4v) is 2.17. The van der Waals surface area contributed by atoms with Gasteiger partial charge in [-0.3, -0.25) is 9.59 Å². The maximum atomic E-state index is 11.7. The molecule has 0 aliphatic heterocycles. The molecule has 1 fully saturated rings. The Hall–Kier alpha value is -1.10. The quantitative estimate of drug-likeness (QED) is 0.651. The smallest absolute Gasteiger partial charge is 0.325 e. The van der Waals surface area contributed by atoms with E-state index >= 15 is 0 Å². The van der Waals surface area contributed by atoms with Crippen molar-refractivity contribution < 1.29 is 14.3 Å². The summed E-state index contributed by atoms with van der Waals surface area (Å²) in [7, 11) is 0. The fourth-order valence-electron chi connectivity index (χ4n) is 2.17. The van der Waals surface area contributed by atoms with Crippen LogP contribution >= 0.6 is 0 Å². The van der Waals surface area contributed by atoms with Crippen molar-refractivity contribution in [3.8, 4) is 0 Å². The number of carbonyl (C=O) groups excluding carboxylic acids is 2. The average Bonchev–Trinajstić information content (AvgIpc) is 2.74. The molecule has 1 aliphatic rings. The summed E-state index contributed by atoms with van der Waals surface area (Å²) >= 11 is 0. The lowest BCUT2D eigenvalue weighted by Gasteiger charge is -2.16. The number of carbonyl (C=O) groups is 2. The van der Waals surface area contributed by atoms with Crippen LogP contribution in [-0.4, -0.2) is 31.6 Å². The second kappa shape index (κ2) is 6.48. The number of esters is 1. The van der Waals surface area contributed by atoms with Gasteiger partial charge in [0.15, 0.2) is 0 Å². The van der Waals surface area contributed by atoms with Crippen LogP contribution in [-0.2, 0) is 14.3 Å². The number of rotatable bonds is 5. The standard InChI is InChI=1S/C11H20N2O3/c1-2-16-10(14)7-13-11(15)9-5-3-4-8(9)6-12/h8-9H,2-7,12H2,1H3,(H,13,15). The van der Waals surface area contributed by atoms with E-state index in [1.165, 1.54) is 0 Å². The van der Waals surface area contributed by atoms with E-state index in [0.29, 0.717) is 13.2 Å². The molecule has 0 aromatic heterocycles. The van der Waals surface area contributed by atoms with Gasteiger partial charge in [0.05, 0.1) is 6.61 Å². The van der Waals surface area contributed by atoms with Gasteiger partial charge < -0.3 is 15.8 Å². The minimum Gasteiger partial charge on any atom is -0.465 e. The number of hydrogen-bond acceptors (Lipinski definition) is 4. The molecule has 1 amide bonds. The van der Waals surface area contributed by atoms with E-state index in [2.05, 4.69) is 5.32 Å². The molecule has 1 rings (SSSR count). The van der Waals surface area contributed by atoms with Crippen molar-refractivity contribution in [1.29, 1.82) is 0 Å². The van der Waals surface area contributed by atoms with Gasteiger partial charge in [0.25, 0.3) is 0 Å². The second-order valence-electron chi connectivity index (χ2n) is 4.06. The number of amides is 1. The lowest BCUT2D eigenvalue weighted by molar-refractivity contribution is -0.144. The zero-order valence-corrected chi connectivity index (χ0v) is 9.70. The maximum absolute atomic E-state index is 11.7. The van der Waals surface area contributed by atoms with Crippen molar-refractivity contribution in [1.82, 2.24) is 5.32 Å². The lowest BCUT2D eigenvalue weighted by Crippen LogP contribution is -2.38. The molecule has 0 heterocycles. The third-order valence-electron chi connectivity index (χ3n) is 3.01. The van der Waals surface area contributed by atoms with Crippen LogP contribution in [0.5, 0.6) is 0 Å². The lowest BCUT2D eigenvalue weighted by atomic mass is 9.95. The molecule has 2 unspecified atom stereocenters. The van der Waals surface area contributed by atoms with Gasteiger partial charge in [0.2, 0.25) is 5.91 Å². The van der Waals surface area contributed by atoms with Crippen LogP contribution in [0.2, 0.25) is 0 Å². The number of ether oxygens (including phenoxy) is 1. The highest BCUT2D eigenvalue weighted by Crippen LogP contribution is 2.30. The minimum atomic E-state index is -0.391. The highest BCUT2D eigenvalue weighted by atomic mass is 16.5. The van der Waals surface area contributed by atoms with E-state index in [9.17, 15) is 9.59 Å². The SMILES string of the molecule is CCOC(=O)CNC(=O)C1CCCC1CN. The molecule has 3 N–H and O–H groups in total. The Morgan fingerprint density at radius 2 is 2.19 bits per heavy atom. The maximum Gasteiger partial charge on any atom is 0.325 e. The van der Waals surface area contributed by atoms with Gasteiger partial charge in [-0.15, -0.1) is 0 Å². The molecule has 5 nitrogen and oxygen atoms in total. The summed E-state index contributed by atoms with van der Waals surface area (Å²) in [5, 5.41) is 2.60. The van der Waals surface area contributed by atoms with E-state index in [-0.39, 0.29) is 24.3 Å². The minimum absolute atomic E-state index is 0.0283. The normalized spacial score (nSPS) is 24.1. The molecule has 1 aliphatic carbocycles. The van der Waals surface area contributed by atoms with Gasteiger partial charge in [0.1, 0.15) is 6.54 Å². The molecular weight excluding hydrogens is 208 g/mol. The third-order valence-corrected chi connectivity index (χ3v) is 3.01. The summed E-state index contributed by atoms with van der Waals surface area (Å²) in [6.45, 7) is 2.57. The van der Waals surface area contributed by atoms with E-state index in [1.807, 2.05) is 0 Å². The Balaban J connectivity index is 2.31. The Bertz CT molecular complexity index is 256. The molecule has 1 saturated carbocycles. The van der Waals surface area contributed by atoms with Crippen molar-refractivity contribution in [3.63, 3.8) is 0 Å². The monoisotopic (exact) mass is 228 g/mol. The Kier molecular flexibility index (Phi) is 5.25. The molecule has 16 heavy (non-hydrogen) atoms. The summed E-state index contributed by atoms with van der Waals surface area (Å²) in [5.41, 5.74) is 5.59. The van der Waals surface area contributed by atoms with Gasteiger partial charge >= 0.3 is 5.97 Å². The van der Waals surface area contributed by atoms with Crippen molar-refractivity contribution in [2.45, 2.75) is 26.2 Å². The van der Waals surface area contributed by atoms with Crippen LogP contribution in [0.25, 0.3) is 0 Å². The van der Waals surface area contributed by atoms with Gasteiger partial charge in [-0.25, -0.2) is 0 Å². The van der Waals surface area contributed by atoms with Crippen molar-refractivity contribution in [2.75, 3.05) is 19.7 Å². The Labute approximate surface area is 95.7 Å². The number of hydrogen-bond donors (Lipinski definition) is 2. The zero-order valence-electron chi connectivity index (χ0n) is 9.70. The van der Waals surface area contributed by atoms with Crippen molar-refractivity contribution in [3.05, 3.63) is 0 Å². The van der Waals surface area contributed by atoms with E-state index in [4.69, 9.17) is 10.5 Å². The molecule has 0 saturated heterocycles. The molecule has 0 radical (unpaired) electrons. The van der Waals surface area contributed by atoms with Crippen LogP contribution in [0, 0.1) is 11.8 Å². The van der Waals surface area contributed by atoms with E-state index in [1.54, 1.807) is 6.92 Å². The van der Waals surface area contributed by atoms with E-state index < -0.39 is 5.97 Å². The molecule has 92 valence electrons. The third kappa shape index (κ3) is 3.48. The topological polar surface area (TPSA) is 81.4 Å². The number of nitrogens with two attached hydrogens (primary N) is 1. The van der Waals surface area contributed by atoms with E-state index in [0.717, 1.165) is 19.3 Å². The highest BCUT2D eigenvalue weighted by molar-refractivity contribution is 5.83. The summed E-state index contributed by atoms with van der Waals surface area (Å²) in [4.78, 5) is 22.8. The summed E-state index contributed by atoms with van der Waals surface area (Å²) < 4.78 is 4.73. The summed E-state index contributed by atoms with van der Waals surface area (Å²) in [5.74, 6) is -0.222. The van der Waals surface area contributed by atoms with Crippen LogP contribution in [0.1, 0.15) is 26.2 Å². The molecule has 5 heteroatoms. The molecule has 0 aromatic carbocycles. The molecule has 2 atom stereocenters. The number of nitrogens with one attached hydrogen (secondary N) is 1. The summed E-state index contributed by atoms with van der Waals surface area (Å²) in [6.07, 6.45) is 2.92. The van der Waals surface area contributed by atoms with Crippen molar-refractivity contribution in [2.24, 2.45) is 17.6 Å². The first-order valence-corrected chi connectivity index (χ1v) is 5.82. The highest BCUT2D eigenvalue weighted by Gasteiger charge is 2.31. The van der Waals surface area contributed by atoms with Gasteiger partial charge in [-0.05, 0) is 32.2 Å². The molecule has 0 bridgehead atoms. The first kappa shape index (κ1) is 13.0. The molecule has 0 spiro atoms. The van der Waals surface area contributed by atoms with Gasteiger partial charge in [-0.2, -0.15) is 0 Å². The Morgan fingerprint density at radius 3 is 2.81 bits per heavy atom. The van der Waals surface area contributed by atoms with Crippen molar-refractivity contribution >= 4 is 11.9 Å². The average molecular weight is 228 g/mol.